The van der Waals surface area contributed by atoms with Crippen LogP contribution in [0.15, 0.2) is 0 Å². The molecule has 0 radical (unpaired) electrons. The molecular formula is C15H31N3O. The first-order valence-corrected chi connectivity index (χ1v) is 7.50. The number of nitrogens with one attached hydrogen (secondary N) is 1. The van der Waals surface area contributed by atoms with Crippen molar-refractivity contribution in [1.29, 1.82) is 0 Å². The Bertz CT molecular complexity index is 285. The predicted molar refractivity (Wildman–Crippen MR) is 79.8 cm³/mol. The number of carbonyl (C=O) groups is 1. The van der Waals surface area contributed by atoms with Crippen LogP contribution in [0.1, 0.15) is 40.0 Å². The Morgan fingerprint density at radius 3 is 2.74 bits per heavy atom. The average Bonchev–Trinajstić information content (AvgIpc) is 2.39. The Hall–Kier alpha value is -0.610. The van der Waals surface area contributed by atoms with Gasteiger partial charge in [0, 0.05) is 20.0 Å². The van der Waals surface area contributed by atoms with Gasteiger partial charge in [-0.2, -0.15) is 0 Å². The Labute approximate surface area is 118 Å². The summed E-state index contributed by atoms with van der Waals surface area (Å²) >= 11 is 0. The molecule has 4 heteroatoms. The van der Waals surface area contributed by atoms with E-state index in [1.165, 1.54) is 12.8 Å². The number of amides is 1. The molecular weight excluding hydrogens is 238 g/mol. The van der Waals surface area contributed by atoms with Gasteiger partial charge in [-0.05, 0) is 49.7 Å². The van der Waals surface area contributed by atoms with E-state index in [0.717, 1.165) is 19.6 Å². The fourth-order valence-corrected chi connectivity index (χ4v) is 2.76. The van der Waals surface area contributed by atoms with Crippen LogP contribution in [0.25, 0.3) is 0 Å². The Kier molecular flexibility index (Phi) is 6.27. The van der Waals surface area contributed by atoms with Gasteiger partial charge in [-0.25, -0.2) is 0 Å². The molecule has 1 rings (SSSR count). The third-order valence-electron chi connectivity index (χ3n) is 4.28. The molecule has 0 saturated carbocycles. The van der Waals surface area contributed by atoms with Crippen LogP contribution < -0.4 is 11.1 Å². The highest BCUT2D eigenvalue weighted by Gasteiger charge is 2.25. The Morgan fingerprint density at radius 2 is 2.21 bits per heavy atom. The fourth-order valence-electron chi connectivity index (χ4n) is 2.76. The van der Waals surface area contributed by atoms with Crippen molar-refractivity contribution in [2.24, 2.45) is 23.0 Å². The highest BCUT2D eigenvalue weighted by atomic mass is 16.2. The Morgan fingerprint density at radius 1 is 1.53 bits per heavy atom. The zero-order valence-corrected chi connectivity index (χ0v) is 13.0. The summed E-state index contributed by atoms with van der Waals surface area (Å²) in [6.07, 6.45) is 3.14. The molecule has 3 N–H and O–H groups in total. The van der Waals surface area contributed by atoms with Gasteiger partial charge in [0.2, 0.25) is 5.91 Å². The molecule has 1 aliphatic rings. The summed E-state index contributed by atoms with van der Waals surface area (Å²) in [5.74, 6) is 1.36. The molecule has 0 spiro atoms. The van der Waals surface area contributed by atoms with E-state index in [-0.39, 0.29) is 11.3 Å². The second kappa shape index (κ2) is 7.25. The number of piperidine rings is 1. The molecule has 0 aromatic heterocycles. The third kappa shape index (κ3) is 5.49. The summed E-state index contributed by atoms with van der Waals surface area (Å²) in [7, 11) is 1.89. The molecule has 112 valence electrons. The summed E-state index contributed by atoms with van der Waals surface area (Å²) in [5.41, 5.74) is 5.73. The average molecular weight is 269 g/mol. The maximum absolute atomic E-state index is 12.3. The van der Waals surface area contributed by atoms with Gasteiger partial charge in [-0.3, -0.25) is 4.79 Å². The van der Waals surface area contributed by atoms with Crippen LogP contribution in [0.2, 0.25) is 0 Å². The molecule has 1 heterocycles. The summed E-state index contributed by atoms with van der Waals surface area (Å²) < 4.78 is 0. The van der Waals surface area contributed by atoms with Crippen LogP contribution in [0, 0.1) is 17.3 Å². The zero-order valence-electron chi connectivity index (χ0n) is 13.0. The summed E-state index contributed by atoms with van der Waals surface area (Å²) in [4.78, 5) is 14.1. The van der Waals surface area contributed by atoms with E-state index in [9.17, 15) is 4.79 Å². The first-order chi connectivity index (χ1) is 8.85. The zero-order chi connectivity index (χ0) is 14.5. The van der Waals surface area contributed by atoms with Gasteiger partial charge < -0.3 is 16.0 Å². The van der Waals surface area contributed by atoms with Gasteiger partial charge in [-0.15, -0.1) is 0 Å². The highest BCUT2D eigenvalue weighted by molar-refractivity contribution is 5.76. The molecule has 0 aromatic rings. The number of hydrogen-bond donors (Lipinski definition) is 2. The molecule has 0 aromatic carbocycles. The lowest BCUT2D eigenvalue weighted by molar-refractivity contribution is -0.132. The first kappa shape index (κ1) is 16.4. The van der Waals surface area contributed by atoms with Gasteiger partial charge in [0.25, 0.3) is 0 Å². The van der Waals surface area contributed by atoms with E-state index >= 15 is 0 Å². The molecule has 1 saturated heterocycles. The number of hydrogen-bond acceptors (Lipinski definition) is 3. The van der Waals surface area contributed by atoms with Crippen LogP contribution in [0.3, 0.4) is 0 Å². The van der Waals surface area contributed by atoms with E-state index in [4.69, 9.17) is 5.73 Å². The number of carbonyl (C=O) groups excluding carboxylic acids is 1. The minimum absolute atomic E-state index is 0.0000418. The van der Waals surface area contributed by atoms with Crippen LogP contribution in [-0.4, -0.2) is 44.0 Å². The number of rotatable bonds is 6. The molecule has 2 atom stereocenters. The van der Waals surface area contributed by atoms with E-state index in [0.29, 0.717) is 24.8 Å². The van der Waals surface area contributed by atoms with Crippen molar-refractivity contribution in [1.82, 2.24) is 10.2 Å². The van der Waals surface area contributed by atoms with Gasteiger partial charge in [0.05, 0.1) is 0 Å². The molecule has 1 amide bonds. The standard InChI is InChI=1S/C15H31N3O/c1-12(13-6-5-7-17-9-13)8-14(19)18(4)11-15(2,3)10-16/h12-13,17H,5-11,16H2,1-4H3. The Balaban J connectivity index is 2.40. The normalized spacial score (nSPS) is 22.1. The number of nitrogens with two attached hydrogens (primary N) is 1. The van der Waals surface area contributed by atoms with Crippen molar-refractivity contribution in [3.05, 3.63) is 0 Å². The second-order valence-corrected chi connectivity index (χ2v) is 6.91. The van der Waals surface area contributed by atoms with Crippen molar-refractivity contribution in [3.8, 4) is 0 Å². The maximum atomic E-state index is 12.3. The first-order valence-electron chi connectivity index (χ1n) is 7.50. The van der Waals surface area contributed by atoms with Crippen LogP contribution in [-0.2, 0) is 4.79 Å². The lowest BCUT2D eigenvalue weighted by Gasteiger charge is -2.32. The largest absolute Gasteiger partial charge is 0.345 e. The fraction of sp³-hybridized carbons (Fsp3) is 0.933. The monoisotopic (exact) mass is 269 g/mol. The van der Waals surface area contributed by atoms with Gasteiger partial charge >= 0.3 is 0 Å². The van der Waals surface area contributed by atoms with Gasteiger partial charge in [0.1, 0.15) is 0 Å². The highest BCUT2D eigenvalue weighted by Crippen LogP contribution is 2.23. The molecule has 1 aliphatic heterocycles. The predicted octanol–water partition coefficient (Wildman–Crippen LogP) is 1.46. The third-order valence-corrected chi connectivity index (χ3v) is 4.28. The molecule has 2 unspecified atom stereocenters. The lowest BCUT2D eigenvalue weighted by Crippen LogP contribution is -2.41. The molecule has 0 aliphatic carbocycles. The summed E-state index contributed by atoms with van der Waals surface area (Å²) in [6, 6.07) is 0. The minimum atomic E-state index is 0.0000418. The second-order valence-electron chi connectivity index (χ2n) is 6.91. The quantitative estimate of drug-likeness (QED) is 0.767. The maximum Gasteiger partial charge on any atom is 0.222 e. The minimum Gasteiger partial charge on any atom is -0.345 e. The van der Waals surface area contributed by atoms with Crippen molar-refractivity contribution in [2.45, 2.75) is 40.0 Å². The number of nitrogens with zero attached hydrogens (tertiary/aromatic N) is 1. The van der Waals surface area contributed by atoms with Crippen molar-refractivity contribution < 1.29 is 4.79 Å². The van der Waals surface area contributed by atoms with E-state index < -0.39 is 0 Å². The molecule has 19 heavy (non-hydrogen) atoms. The molecule has 0 bridgehead atoms. The van der Waals surface area contributed by atoms with Crippen LogP contribution >= 0.6 is 0 Å². The van der Waals surface area contributed by atoms with Crippen LogP contribution in [0.5, 0.6) is 0 Å². The van der Waals surface area contributed by atoms with Crippen molar-refractivity contribution in [3.63, 3.8) is 0 Å². The van der Waals surface area contributed by atoms with Gasteiger partial charge in [0.15, 0.2) is 0 Å². The van der Waals surface area contributed by atoms with E-state index in [1.807, 2.05) is 11.9 Å². The lowest BCUT2D eigenvalue weighted by atomic mass is 9.85. The van der Waals surface area contributed by atoms with E-state index in [2.05, 4.69) is 26.1 Å². The smallest absolute Gasteiger partial charge is 0.222 e. The SMILES string of the molecule is CC(CC(=O)N(C)CC(C)(C)CN)C1CCCNC1. The molecule has 4 nitrogen and oxygen atoms in total. The van der Waals surface area contributed by atoms with Crippen molar-refractivity contribution in [2.75, 3.05) is 33.2 Å². The van der Waals surface area contributed by atoms with E-state index in [1.54, 1.807) is 0 Å². The molecule has 1 fully saturated rings. The summed E-state index contributed by atoms with van der Waals surface area (Å²) in [5, 5.41) is 3.42. The van der Waals surface area contributed by atoms with Crippen molar-refractivity contribution >= 4 is 5.91 Å². The van der Waals surface area contributed by atoms with Crippen LogP contribution in [0.4, 0.5) is 0 Å². The van der Waals surface area contributed by atoms with Gasteiger partial charge in [-0.1, -0.05) is 20.8 Å². The summed E-state index contributed by atoms with van der Waals surface area (Å²) in [6.45, 7) is 9.94. The topological polar surface area (TPSA) is 58.4 Å².